The molecule has 6 heteroatoms. The van der Waals surface area contributed by atoms with Gasteiger partial charge in [-0.3, -0.25) is 0 Å². The van der Waals surface area contributed by atoms with Crippen LogP contribution in [0, 0.1) is 0 Å². The second-order valence-corrected chi connectivity index (χ2v) is 4.57. The van der Waals surface area contributed by atoms with Crippen LogP contribution in [0.5, 0.6) is 0 Å². The van der Waals surface area contributed by atoms with Crippen LogP contribution >= 0.6 is 0 Å². The van der Waals surface area contributed by atoms with Crippen molar-refractivity contribution in [2.45, 2.75) is 44.9 Å². The summed E-state index contributed by atoms with van der Waals surface area (Å²) in [7, 11) is 1.69. The van der Waals surface area contributed by atoms with Gasteiger partial charge in [-0.15, -0.1) is 10.2 Å². The number of hydrogen-bond acceptors (Lipinski definition) is 5. The fourth-order valence-electron chi connectivity index (χ4n) is 2.29. The van der Waals surface area contributed by atoms with Crippen LogP contribution in [0.4, 0.5) is 0 Å². The molecule has 18 heavy (non-hydrogen) atoms. The van der Waals surface area contributed by atoms with Crippen molar-refractivity contribution in [1.82, 2.24) is 14.8 Å². The van der Waals surface area contributed by atoms with Crippen molar-refractivity contribution in [3.8, 4) is 0 Å². The van der Waals surface area contributed by atoms with Gasteiger partial charge in [0.2, 0.25) is 0 Å². The zero-order valence-electron chi connectivity index (χ0n) is 11.0. The maximum atomic E-state index is 5.74. The third kappa shape index (κ3) is 3.28. The highest BCUT2D eigenvalue weighted by Crippen LogP contribution is 2.17. The van der Waals surface area contributed by atoms with Crippen molar-refractivity contribution >= 4 is 0 Å². The second-order valence-electron chi connectivity index (χ2n) is 4.57. The Labute approximate surface area is 107 Å². The predicted octanol–water partition coefficient (Wildman–Crippen LogP) is 0.495. The summed E-state index contributed by atoms with van der Waals surface area (Å²) in [5.41, 5.74) is 5.67. The highest BCUT2D eigenvalue weighted by Gasteiger charge is 2.19. The van der Waals surface area contributed by atoms with Crippen LogP contribution in [0.2, 0.25) is 0 Å². The minimum absolute atomic E-state index is 0.273. The molecule has 1 fully saturated rings. The molecule has 0 spiro atoms. The van der Waals surface area contributed by atoms with Gasteiger partial charge < -0.3 is 19.8 Å². The summed E-state index contributed by atoms with van der Waals surface area (Å²) >= 11 is 0. The fraction of sp³-hybridized carbons (Fsp3) is 0.833. The van der Waals surface area contributed by atoms with Crippen molar-refractivity contribution < 1.29 is 9.47 Å². The van der Waals surface area contributed by atoms with Crippen LogP contribution in [0.25, 0.3) is 0 Å². The Balaban J connectivity index is 2.03. The second kappa shape index (κ2) is 6.82. The van der Waals surface area contributed by atoms with Gasteiger partial charge in [0.1, 0.15) is 11.6 Å². The average molecular weight is 254 g/mol. The van der Waals surface area contributed by atoms with Crippen molar-refractivity contribution in [1.29, 1.82) is 0 Å². The van der Waals surface area contributed by atoms with E-state index in [2.05, 4.69) is 14.8 Å². The minimum atomic E-state index is 0.273. The molecule has 1 aromatic rings. The van der Waals surface area contributed by atoms with Crippen LogP contribution in [-0.4, -0.2) is 41.2 Å². The van der Waals surface area contributed by atoms with Crippen LogP contribution in [-0.2, 0) is 29.0 Å². The summed E-state index contributed by atoms with van der Waals surface area (Å²) in [6.45, 7) is 2.66. The average Bonchev–Trinajstić information content (AvgIpc) is 2.79. The van der Waals surface area contributed by atoms with Gasteiger partial charge in [-0.2, -0.15) is 0 Å². The van der Waals surface area contributed by atoms with Crippen LogP contribution in [0.3, 0.4) is 0 Å². The summed E-state index contributed by atoms with van der Waals surface area (Å²) < 4.78 is 12.9. The fourth-order valence-corrected chi connectivity index (χ4v) is 2.29. The van der Waals surface area contributed by atoms with E-state index in [4.69, 9.17) is 15.2 Å². The molecule has 1 aromatic heterocycles. The van der Waals surface area contributed by atoms with E-state index in [-0.39, 0.29) is 6.10 Å². The Hall–Kier alpha value is -0.980. The number of aromatic nitrogens is 3. The molecule has 1 aliphatic rings. The van der Waals surface area contributed by atoms with Gasteiger partial charge in [-0.1, -0.05) is 0 Å². The Bertz CT molecular complexity index is 361. The first-order valence-corrected chi connectivity index (χ1v) is 6.56. The lowest BCUT2D eigenvalue weighted by atomic mass is 10.1. The molecule has 0 amide bonds. The van der Waals surface area contributed by atoms with Crippen LogP contribution in [0.15, 0.2) is 0 Å². The van der Waals surface area contributed by atoms with E-state index in [9.17, 15) is 0 Å². The highest BCUT2D eigenvalue weighted by molar-refractivity contribution is 4.97. The Kier molecular flexibility index (Phi) is 5.10. The van der Waals surface area contributed by atoms with Gasteiger partial charge in [0.15, 0.2) is 0 Å². The maximum absolute atomic E-state index is 5.74. The normalized spacial score (nSPS) is 20.2. The molecule has 6 nitrogen and oxygen atoms in total. The first kappa shape index (κ1) is 13.5. The molecule has 1 aliphatic heterocycles. The van der Waals surface area contributed by atoms with E-state index in [0.29, 0.717) is 13.2 Å². The topological polar surface area (TPSA) is 75.2 Å². The Morgan fingerprint density at radius 2 is 2.22 bits per heavy atom. The summed E-state index contributed by atoms with van der Waals surface area (Å²) in [5, 5.41) is 8.36. The third-order valence-corrected chi connectivity index (χ3v) is 3.29. The van der Waals surface area contributed by atoms with E-state index < -0.39 is 0 Å². The smallest absolute Gasteiger partial charge is 0.146 e. The molecule has 1 atom stereocenters. The number of hydrogen-bond donors (Lipinski definition) is 1. The SMILES string of the molecule is COCCn1c(CN)nnc1CC1CCCCO1. The van der Waals surface area contributed by atoms with E-state index in [1.54, 1.807) is 7.11 Å². The van der Waals surface area contributed by atoms with Crippen molar-refractivity contribution in [3.63, 3.8) is 0 Å². The largest absolute Gasteiger partial charge is 0.383 e. The van der Waals surface area contributed by atoms with Crippen LogP contribution in [0.1, 0.15) is 30.9 Å². The third-order valence-electron chi connectivity index (χ3n) is 3.29. The van der Waals surface area contributed by atoms with Gasteiger partial charge >= 0.3 is 0 Å². The Morgan fingerprint density at radius 3 is 2.89 bits per heavy atom. The summed E-state index contributed by atoms with van der Waals surface area (Å²) in [4.78, 5) is 0. The zero-order chi connectivity index (χ0) is 12.8. The van der Waals surface area contributed by atoms with Gasteiger partial charge in [-0.25, -0.2) is 0 Å². The monoisotopic (exact) mass is 254 g/mol. The van der Waals surface area contributed by atoms with Gasteiger partial charge in [0.05, 0.1) is 19.3 Å². The van der Waals surface area contributed by atoms with Crippen molar-refractivity contribution in [3.05, 3.63) is 11.6 Å². The molecular weight excluding hydrogens is 232 g/mol. The summed E-state index contributed by atoms with van der Waals surface area (Å²) in [5.74, 6) is 1.78. The molecule has 2 heterocycles. The quantitative estimate of drug-likeness (QED) is 0.800. The predicted molar refractivity (Wildman–Crippen MR) is 67.1 cm³/mol. The number of rotatable bonds is 6. The highest BCUT2D eigenvalue weighted by atomic mass is 16.5. The minimum Gasteiger partial charge on any atom is -0.383 e. The molecule has 1 saturated heterocycles. The molecule has 102 valence electrons. The van der Waals surface area contributed by atoms with Gasteiger partial charge in [0, 0.05) is 26.7 Å². The lowest BCUT2D eigenvalue weighted by molar-refractivity contribution is 0.0149. The molecule has 2 N–H and O–H groups in total. The number of ether oxygens (including phenoxy) is 2. The van der Waals surface area contributed by atoms with Crippen molar-refractivity contribution in [2.75, 3.05) is 20.3 Å². The van der Waals surface area contributed by atoms with E-state index >= 15 is 0 Å². The standard InChI is InChI=1S/C12H22N4O2/c1-17-7-5-16-11(14-15-12(16)9-13)8-10-4-2-3-6-18-10/h10H,2-9,13H2,1H3. The van der Waals surface area contributed by atoms with E-state index in [1.165, 1.54) is 12.8 Å². The molecule has 0 aromatic carbocycles. The number of nitrogens with two attached hydrogens (primary N) is 1. The molecule has 1 unspecified atom stereocenters. The first-order chi connectivity index (χ1) is 8.85. The first-order valence-electron chi connectivity index (χ1n) is 6.56. The maximum Gasteiger partial charge on any atom is 0.146 e. The molecule has 0 saturated carbocycles. The Morgan fingerprint density at radius 1 is 1.39 bits per heavy atom. The van der Waals surface area contributed by atoms with E-state index in [0.717, 1.165) is 37.6 Å². The van der Waals surface area contributed by atoms with Crippen LogP contribution < -0.4 is 5.73 Å². The van der Waals surface area contributed by atoms with Gasteiger partial charge in [0.25, 0.3) is 0 Å². The number of methoxy groups -OCH3 is 1. The lowest BCUT2D eigenvalue weighted by Gasteiger charge is -2.22. The molecule has 0 bridgehead atoms. The lowest BCUT2D eigenvalue weighted by Crippen LogP contribution is -2.24. The number of nitrogens with zero attached hydrogens (tertiary/aromatic N) is 3. The molecular formula is C12H22N4O2. The van der Waals surface area contributed by atoms with Crippen molar-refractivity contribution in [2.24, 2.45) is 5.73 Å². The summed E-state index contributed by atoms with van der Waals surface area (Å²) in [6, 6.07) is 0. The van der Waals surface area contributed by atoms with Gasteiger partial charge in [-0.05, 0) is 19.3 Å². The molecule has 0 aliphatic carbocycles. The zero-order valence-corrected chi connectivity index (χ0v) is 11.0. The molecule has 2 rings (SSSR count). The van der Waals surface area contributed by atoms with E-state index in [1.807, 2.05) is 0 Å². The molecule has 0 radical (unpaired) electrons. The summed E-state index contributed by atoms with van der Waals surface area (Å²) in [6.07, 6.45) is 4.60.